The summed E-state index contributed by atoms with van der Waals surface area (Å²) < 4.78 is 29.0. The minimum absolute atomic E-state index is 0.130. The molecule has 8 heteroatoms. The molecule has 1 aromatic heterocycles. The van der Waals surface area contributed by atoms with Gasteiger partial charge in [0, 0.05) is 23.4 Å². The Kier molecular flexibility index (Phi) is 3.55. The number of anilines is 2. The van der Waals surface area contributed by atoms with Gasteiger partial charge in [-0.1, -0.05) is 0 Å². The highest BCUT2D eigenvalue weighted by Gasteiger charge is 2.19. The van der Waals surface area contributed by atoms with Gasteiger partial charge in [-0.05, 0) is 41.1 Å². The van der Waals surface area contributed by atoms with Gasteiger partial charge in [0.2, 0.25) is 0 Å². The summed E-state index contributed by atoms with van der Waals surface area (Å²) >= 11 is 3.20. The lowest BCUT2D eigenvalue weighted by atomic mass is 10.3. The van der Waals surface area contributed by atoms with Crippen LogP contribution in [0, 0.1) is 6.92 Å². The smallest absolute Gasteiger partial charge is 0.263 e. The van der Waals surface area contributed by atoms with Gasteiger partial charge in [0.25, 0.3) is 10.0 Å². The van der Waals surface area contributed by atoms with Crippen molar-refractivity contribution in [1.29, 1.82) is 0 Å². The zero-order valence-corrected chi connectivity index (χ0v) is 12.8. The Labute approximate surface area is 119 Å². The molecule has 6 nitrogen and oxygen atoms in total. The van der Waals surface area contributed by atoms with Crippen LogP contribution in [-0.2, 0) is 17.1 Å². The summed E-state index contributed by atoms with van der Waals surface area (Å²) in [5.41, 5.74) is 7.14. The predicted octanol–water partition coefficient (Wildman–Crippen LogP) is 1.87. The summed E-state index contributed by atoms with van der Waals surface area (Å²) in [6.45, 7) is 1.73. The third-order valence-corrected chi connectivity index (χ3v) is 4.85. The van der Waals surface area contributed by atoms with Gasteiger partial charge in [-0.2, -0.15) is 5.10 Å². The number of hydrogen-bond donors (Lipinski definition) is 2. The number of aryl methyl sites for hydroxylation is 2. The molecule has 0 aliphatic heterocycles. The molecule has 0 bridgehead atoms. The second kappa shape index (κ2) is 4.86. The maximum atomic E-state index is 12.3. The van der Waals surface area contributed by atoms with E-state index in [1.165, 1.54) is 12.1 Å². The van der Waals surface area contributed by atoms with Crippen molar-refractivity contribution in [3.8, 4) is 0 Å². The highest BCUT2D eigenvalue weighted by atomic mass is 79.9. The zero-order valence-electron chi connectivity index (χ0n) is 10.4. The lowest BCUT2D eigenvalue weighted by molar-refractivity contribution is 0.600. The molecule has 0 saturated carbocycles. The van der Waals surface area contributed by atoms with Crippen molar-refractivity contribution in [2.75, 3.05) is 10.5 Å². The highest BCUT2D eigenvalue weighted by Crippen LogP contribution is 2.26. The second-order valence-electron chi connectivity index (χ2n) is 4.10. The number of sulfonamides is 1. The molecule has 102 valence electrons. The summed E-state index contributed by atoms with van der Waals surface area (Å²) in [6.07, 6.45) is 1.61. The number of hydrogen-bond acceptors (Lipinski definition) is 4. The van der Waals surface area contributed by atoms with E-state index in [1.807, 2.05) is 0 Å². The fraction of sp³-hybridized carbons (Fsp3) is 0.182. The number of nitrogens with two attached hydrogens (primary N) is 1. The van der Waals surface area contributed by atoms with Gasteiger partial charge in [0.1, 0.15) is 4.90 Å². The van der Waals surface area contributed by atoms with Crippen LogP contribution in [0.5, 0.6) is 0 Å². The molecule has 0 radical (unpaired) electrons. The molecular weight excluding hydrogens is 332 g/mol. The van der Waals surface area contributed by atoms with E-state index in [2.05, 4.69) is 25.8 Å². The van der Waals surface area contributed by atoms with Crippen LogP contribution in [-0.4, -0.2) is 18.2 Å². The molecule has 1 aromatic carbocycles. The van der Waals surface area contributed by atoms with Crippen molar-refractivity contribution in [2.24, 2.45) is 7.05 Å². The van der Waals surface area contributed by atoms with Gasteiger partial charge in [0.05, 0.1) is 11.4 Å². The number of nitrogens with zero attached hydrogens (tertiary/aromatic N) is 2. The highest BCUT2D eigenvalue weighted by molar-refractivity contribution is 9.10. The SMILES string of the molecule is Cc1nn(C)cc1NS(=O)(=O)c1ccc(N)cc1Br. The quantitative estimate of drug-likeness (QED) is 0.831. The molecule has 1 heterocycles. The van der Waals surface area contributed by atoms with Gasteiger partial charge in [-0.15, -0.1) is 0 Å². The number of rotatable bonds is 3. The van der Waals surface area contributed by atoms with Crippen molar-refractivity contribution < 1.29 is 8.42 Å². The summed E-state index contributed by atoms with van der Waals surface area (Å²) in [7, 11) is -1.95. The van der Waals surface area contributed by atoms with Crippen molar-refractivity contribution in [3.63, 3.8) is 0 Å². The van der Waals surface area contributed by atoms with Crippen LogP contribution in [0.4, 0.5) is 11.4 Å². The predicted molar refractivity (Wildman–Crippen MR) is 77.3 cm³/mol. The topological polar surface area (TPSA) is 90.0 Å². The molecule has 0 spiro atoms. The van der Waals surface area contributed by atoms with E-state index in [1.54, 1.807) is 30.9 Å². The van der Waals surface area contributed by atoms with Crippen LogP contribution in [0.2, 0.25) is 0 Å². The van der Waals surface area contributed by atoms with E-state index in [0.717, 1.165) is 0 Å². The van der Waals surface area contributed by atoms with E-state index in [9.17, 15) is 8.42 Å². The lowest BCUT2D eigenvalue weighted by Gasteiger charge is -2.09. The fourth-order valence-electron chi connectivity index (χ4n) is 1.63. The molecule has 0 unspecified atom stereocenters. The fourth-order valence-corrected chi connectivity index (χ4v) is 3.83. The van der Waals surface area contributed by atoms with Crippen LogP contribution >= 0.6 is 15.9 Å². The third kappa shape index (κ3) is 2.90. The monoisotopic (exact) mass is 344 g/mol. The van der Waals surface area contributed by atoms with E-state index in [0.29, 0.717) is 21.5 Å². The van der Waals surface area contributed by atoms with Crippen molar-refractivity contribution >= 4 is 37.3 Å². The summed E-state index contributed by atoms with van der Waals surface area (Å²) in [6, 6.07) is 4.54. The van der Waals surface area contributed by atoms with Gasteiger partial charge in [-0.25, -0.2) is 8.42 Å². The Hall–Kier alpha value is -1.54. The largest absolute Gasteiger partial charge is 0.399 e. The first-order valence-corrected chi connectivity index (χ1v) is 7.65. The van der Waals surface area contributed by atoms with Crippen molar-refractivity contribution in [3.05, 3.63) is 34.6 Å². The van der Waals surface area contributed by atoms with Crippen LogP contribution in [0.15, 0.2) is 33.8 Å². The molecule has 19 heavy (non-hydrogen) atoms. The number of nitrogens with one attached hydrogen (secondary N) is 1. The molecular formula is C11H13BrN4O2S. The third-order valence-electron chi connectivity index (χ3n) is 2.50. The maximum absolute atomic E-state index is 12.3. The molecule has 0 atom stereocenters. The zero-order chi connectivity index (χ0) is 14.2. The Morgan fingerprint density at radius 3 is 2.63 bits per heavy atom. The van der Waals surface area contributed by atoms with Gasteiger partial charge >= 0.3 is 0 Å². The van der Waals surface area contributed by atoms with Crippen molar-refractivity contribution in [1.82, 2.24) is 9.78 Å². The molecule has 2 rings (SSSR count). The van der Waals surface area contributed by atoms with Gasteiger partial charge in [0.15, 0.2) is 0 Å². The molecule has 0 saturated heterocycles. The molecule has 3 N–H and O–H groups in total. The van der Waals surface area contributed by atoms with Crippen molar-refractivity contribution in [2.45, 2.75) is 11.8 Å². The first kappa shape index (κ1) is 13.9. The first-order valence-electron chi connectivity index (χ1n) is 5.37. The molecule has 0 amide bonds. The molecule has 0 fully saturated rings. The Morgan fingerprint density at radius 2 is 2.11 bits per heavy atom. The lowest BCUT2D eigenvalue weighted by Crippen LogP contribution is -2.14. The summed E-state index contributed by atoms with van der Waals surface area (Å²) in [5, 5.41) is 4.08. The normalized spacial score (nSPS) is 11.5. The Balaban J connectivity index is 2.40. The van der Waals surface area contributed by atoms with Gasteiger partial charge < -0.3 is 5.73 Å². The summed E-state index contributed by atoms with van der Waals surface area (Å²) in [4.78, 5) is 0.130. The maximum Gasteiger partial charge on any atom is 0.263 e. The number of halogens is 1. The van der Waals surface area contributed by atoms with Gasteiger partial charge in [-0.3, -0.25) is 9.40 Å². The number of aromatic nitrogens is 2. The average Bonchev–Trinajstić information content (AvgIpc) is 2.55. The summed E-state index contributed by atoms with van der Waals surface area (Å²) in [5.74, 6) is 0. The number of benzene rings is 1. The van der Waals surface area contributed by atoms with E-state index in [-0.39, 0.29) is 4.90 Å². The molecule has 0 aliphatic rings. The molecule has 2 aromatic rings. The molecule has 0 aliphatic carbocycles. The van der Waals surface area contributed by atoms with Crippen LogP contribution in [0.25, 0.3) is 0 Å². The minimum Gasteiger partial charge on any atom is -0.399 e. The standard InChI is InChI=1S/C11H13BrN4O2S/c1-7-10(6-16(2)14-7)15-19(17,18)11-4-3-8(13)5-9(11)12/h3-6,15H,13H2,1-2H3. The van der Waals surface area contributed by atoms with E-state index < -0.39 is 10.0 Å². The van der Waals surface area contributed by atoms with Crippen LogP contribution < -0.4 is 10.5 Å². The van der Waals surface area contributed by atoms with Crippen LogP contribution in [0.1, 0.15) is 5.69 Å². The Morgan fingerprint density at radius 1 is 1.42 bits per heavy atom. The number of nitrogen functional groups attached to an aromatic ring is 1. The Bertz CT molecular complexity index is 724. The van der Waals surface area contributed by atoms with E-state index in [4.69, 9.17) is 5.73 Å². The average molecular weight is 345 g/mol. The second-order valence-corrected chi connectivity index (χ2v) is 6.60. The van der Waals surface area contributed by atoms with E-state index >= 15 is 0 Å². The minimum atomic E-state index is -3.68. The first-order chi connectivity index (χ1) is 8.79. The van der Waals surface area contributed by atoms with Crippen LogP contribution in [0.3, 0.4) is 0 Å².